The smallest absolute Gasteiger partial charge is 0.329 e. The fraction of sp³-hybridized carbons (Fsp3) is 0.857. The van der Waals surface area contributed by atoms with Gasteiger partial charge in [-0.15, -0.1) is 0 Å². The number of hydrogen-bond donors (Lipinski definition) is 1. The number of carbonyl (C=O) groups is 1. The van der Waals surface area contributed by atoms with Crippen LogP contribution < -0.4 is 0 Å². The molecule has 0 aliphatic heterocycles. The lowest BCUT2D eigenvalue weighted by Gasteiger charge is -2.13. The number of aliphatic carboxylic acids is 1. The van der Waals surface area contributed by atoms with Gasteiger partial charge in [-0.05, 0) is 6.92 Å². The monoisotopic (exact) mass is 178 g/mol. The Bertz CT molecular complexity index is 125. The molecule has 5 heteroatoms. The van der Waals surface area contributed by atoms with Gasteiger partial charge in [0, 0.05) is 13.7 Å². The first-order valence-electron chi connectivity index (χ1n) is 3.64. The van der Waals surface area contributed by atoms with Gasteiger partial charge in [-0.25, -0.2) is 4.79 Å². The van der Waals surface area contributed by atoms with Gasteiger partial charge in [-0.1, -0.05) is 0 Å². The summed E-state index contributed by atoms with van der Waals surface area (Å²) in [6, 6.07) is 0. The van der Waals surface area contributed by atoms with E-state index < -0.39 is 12.3 Å². The van der Waals surface area contributed by atoms with E-state index in [1.165, 1.54) is 7.11 Å². The Morgan fingerprint density at radius 1 is 1.58 bits per heavy atom. The Morgan fingerprint density at radius 2 is 2.25 bits per heavy atom. The predicted molar refractivity (Wildman–Crippen MR) is 40.9 cm³/mol. The Kier molecular flexibility index (Phi) is 6.64. The Hall–Kier alpha value is -0.650. The maximum Gasteiger partial charge on any atom is 0.329 e. The summed E-state index contributed by atoms with van der Waals surface area (Å²) in [7, 11) is 1.48. The first-order valence-corrected chi connectivity index (χ1v) is 3.64. The molecule has 0 bridgehead atoms. The molecule has 0 rings (SSSR count). The minimum atomic E-state index is -0.999. The van der Waals surface area contributed by atoms with Crippen LogP contribution in [0.5, 0.6) is 0 Å². The van der Waals surface area contributed by atoms with E-state index in [1.807, 2.05) is 6.92 Å². The summed E-state index contributed by atoms with van der Waals surface area (Å²) < 4.78 is 14.6. The zero-order chi connectivity index (χ0) is 9.40. The lowest BCUT2D eigenvalue weighted by Crippen LogP contribution is -2.23. The molecular weight excluding hydrogens is 164 g/mol. The zero-order valence-corrected chi connectivity index (χ0v) is 7.28. The largest absolute Gasteiger partial charge is 0.480 e. The number of carboxylic acids is 1. The van der Waals surface area contributed by atoms with E-state index in [9.17, 15) is 4.79 Å². The van der Waals surface area contributed by atoms with Crippen LogP contribution >= 0.6 is 0 Å². The van der Waals surface area contributed by atoms with Crippen LogP contribution in [0.25, 0.3) is 0 Å². The van der Waals surface area contributed by atoms with Crippen LogP contribution in [0.3, 0.4) is 0 Å². The van der Waals surface area contributed by atoms with Crippen LogP contribution in [0.1, 0.15) is 6.92 Å². The third kappa shape index (κ3) is 6.09. The van der Waals surface area contributed by atoms with E-state index in [0.29, 0.717) is 6.61 Å². The minimum absolute atomic E-state index is 0.136. The lowest BCUT2D eigenvalue weighted by atomic mass is 10.6. The molecule has 72 valence electrons. The standard InChI is InChI=1S/C7H14O5/c1-3-12-7(10-2)5-11-4-6(8)9/h7H,3-5H2,1-2H3,(H,8,9). The first-order chi connectivity index (χ1) is 5.70. The third-order valence-corrected chi connectivity index (χ3v) is 1.09. The van der Waals surface area contributed by atoms with Crippen molar-refractivity contribution in [3.8, 4) is 0 Å². The minimum Gasteiger partial charge on any atom is -0.480 e. The normalized spacial score (nSPS) is 12.8. The number of hydrogen-bond acceptors (Lipinski definition) is 4. The second-order valence-corrected chi connectivity index (χ2v) is 2.03. The van der Waals surface area contributed by atoms with Crippen molar-refractivity contribution >= 4 is 5.97 Å². The van der Waals surface area contributed by atoms with Crippen molar-refractivity contribution in [2.24, 2.45) is 0 Å². The van der Waals surface area contributed by atoms with Crippen molar-refractivity contribution in [2.45, 2.75) is 13.2 Å². The van der Waals surface area contributed by atoms with Crippen LogP contribution in [0.4, 0.5) is 0 Å². The quantitative estimate of drug-likeness (QED) is 0.560. The Morgan fingerprint density at radius 3 is 2.67 bits per heavy atom. The molecule has 0 spiro atoms. The second-order valence-electron chi connectivity index (χ2n) is 2.03. The van der Waals surface area contributed by atoms with Gasteiger partial charge in [0.15, 0.2) is 6.29 Å². The highest BCUT2D eigenvalue weighted by Crippen LogP contribution is 1.93. The number of ether oxygens (including phenoxy) is 3. The van der Waals surface area contributed by atoms with Crippen LogP contribution in [-0.2, 0) is 19.0 Å². The van der Waals surface area contributed by atoms with Gasteiger partial charge < -0.3 is 19.3 Å². The number of rotatable bonds is 7. The zero-order valence-electron chi connectivity index (χ0n) is 7.28. The molecule has 12 heavy (non-hydrogen) atoms. The summed E-state index contributed by atoms with van der Waals surface area (Å²) in [5.74, 6) is -0.999. The van der Waals surface area contributed by atoms with E-state index in [2.05, 4.69) is 0 Å². The van der Waals surface area contributed by atoms with Gasteiger partial charge in [-0.2, -0.15) is 0 Å². The van der Waals surface area contributed by atoms with Gasteiger partial charge >= 0.3 is 5.97 Å². The summed E-state index contributed by atoms with van der Waals surface area (Å²) >= 11 is 0. The van der Waals surface area contributed by atoms with Crippen LogP contribution in [-0.4, -0.2) is 44.3 Å². The fourth-order valence-corrected chi connectivity index (χ4v) is 0.613. The summed E-state index contributed by atoms with van der Waals surface area (Å²) in [5, 5.41) is 8.22. The molecular formula is C7H14O5. The van der Waals surface area contributed by atoms with Gasteiger partial charge in [0.1, 0.15) is 6.61 Å². The van der Waals surface area contributed by atoms with E-state index in [1.54, 1.807) is 0 Å². The van der Waals surface area contributed by atoms with Crippen molar-refractivity contribution in [1.29, 1.82) is 0 Å². The lowest BCUT2D eigenvalue weighted by molar-refractivity contribution is -0.164. The number of carboxylic acid groups (broad SMARTS) is 1. The molecule has 1 N–H and O–H groups in total. The molecule has 5 nitrogen and oxygen atoms in total. The summed E-state index contributed by atoms with van der Waals surface area (Å²) in [4.78, 5) is 10.0. The Labute approximate surface area is 71.2 Å². The summed E-state index contributed by atoms with van der Waals surface area (Å²) in [5.41, 5.74) is 0. The highest BCUT2D eigenvalue weighted by Gasteiger charge is 2.07. The van der Waals surface area contributed by atoms with Gasteiger partial charge in [0.25, 0.3) is 0 Å². The van der Waals surface area contributed by atoms with Gasteiger partial charge in [-0.3, -0.25) is 0 Å². The molecule has 0 amide bonds. The topological polar surface area (TPSA) is 65.0 Å². The van der Waals surface area contributed by atoms with Crippen LogP contribution in [0.2, 0.25) is 0 Å². The average Bonchev–Trinajstić information content (AvgIpc) is 2.02. The molecule has 0 aromatic carbocycles. The number of methoxy groups -OCH3 is 1. The maximum atomic E-state index is 10.0. The van der Waals surface area contributed by atoms with Gasteiger partial charge in [0.2, 0.25) is 0 Å². The first kappa shape index (κ1) is 11.4. The van der Waals surface area contributed by atoms with Crippen molar-refractivity contribution < 1.29 is 24.1 Å². The summed E-state index contributed by atoms with van der Waals surface area (Å²) in [6.45, 7) is 2.14. The van der Waals surface area contributed by atoms with Crippen LogP contribution in [0.15, 0.2) is 0 Å². The van der Waals surface area contributed by atoms with E-state index in [4.69, 9.17) is 19.3 Å². The molecule has 0 fully saturated rings. The molecule has 0 aliphatic carbocycles. The molecule has 0 radical (unpaired) electrons. The SMILES string of the molecule is CCOC(COCC(=O)O)OC. The molecule has 0 aromatic rings. The fourth-order valence-electron chi connectivity index (χ4n) is 0.613. The van der Waals surface area contributed by atoms with Gasteiger partial charge in [0.05, 0.1) is 6.61 Å². The molecule has 0 heterocycles. The van der Waals surface area contributed by atoms with Crippen molar-refractivity contribution in [1.82, 2.24) is 0 Å². The maximum absolute atomic E-state index is 10.0. The van der Waals surface area contributed by atoms with E-state index in [-0.39, 0.29) is 13.2 Å². The highest BCUT2D eigenvalue weighted by atomic mass is 16.7. The average molecular weight is 178 g/mol. The van der Waals surface area contributed by atoms with Crippen LogP contribution in [0, 0.1) is 0 Å². The Balaban J connectivity index is 3.37. The molecule has 0 saturated heterocycles. The highest BCUT2D eigenvalue weighted by molar-refractivity contribution is 5.67. The van der Waals surface area contributed by atoms with Crippen molar-refractivity contribution in [3.63, 3.8) is 0 Å². The molecule has 0 aliphatic rings. The molecule has 0 saturated carbocycles. The molecule has 1 atom stereocenters. The predicted octanol–water partition coefficient (Wildman–Crippen LogP) is 0.0966. The van der Waals surface area contributed by atoms with Crippen molar-refractivity contribution in [2.75, 3.05) is 26.9 Å². The van der Waals surface area contributed by atoms with Crippen molar-refractivity contribution in [3.05, 3.63) is 0 Å². The second kappa shape index (κ2) is 7.02. The summed E-state index contributed by atoms with van der Waals surface area (Å²) in [6.07, 6.45) is -0.477. The molecule has 0 aromatic heterocycles. The third-order valence-electron chi connectivity index (χ3n) is 1.09. The van der Waals surface area contributed by atoms with E-state index in [0.717, 1.165) is 0 Å². The van der Waals surface area contributed by atoms with E-state index >= 15 is 0 Å². The molecule has 1 unspecified atom stereocenters.